The number of carbonyl (C=O) groups is 1. The van der Waals surface area contributed by atoms with Crippen LogP contribution >= 0.6 is 0 Å². The van der Waals surface area contributed by atoms with E-state index in [2.05, 4.69) is 20.4 Å². The second-order valence-corrected chi connectivity index (χ2v) is 3.98. The molecular formula is C12H22O3. The summed E-state index contributed by atoms with van der Waals surface area (Å²) in [5.41, 5.74) is 0.772. The highest BCUT2D eigenvalue weighted by Gasteiger charge is 2.12. The average molecular weight is 214 g/mol. The fourth-order valence-electron chi connectivity index (χ4n) is 1.17. The maximum Gasteiger partial charge on any atom is 0.179 e. The molecule has 88 valence electrons. The van der Waals surface area contributed by atoms with Gasteiger partial charge in [-0.2, -0.15) is 0 Å². The highest BCUT2D eigenvalue weighted by Crippen LogP contribution is 2.09. The van der Waals surface area contributed by atoms with Gasteiger partial charge in [0.1, 0.15) is 6.61 Å². The van der Waals surface area contributed by atoms with Crippen LogP contribution in [0.15, 0.2) is 12.2 Å². The minimum Gasteiger partial charge on any atom is -0.352 e. The molecule has 0 radical (unpaired) electrons. The van der Waals surface area contributed by atoms with Crippen molar-refractivity contribution in [2.75, 3.05) is 13.7 Å². The van der Waals surface area contributed by atoms with E-state index in [1.165, 1.54) is 0 Å². The molecule has 0 spiro atoms. The second-order valence-electron chi connectivity index (χ2n) is 3.98. The first-order valence-electron chi connectivity index (χ1n) is 5.32. The molecule has 0 aromatic heterocycles. The number of hydrogen-bond acceptors (Lipinski definition) is 3. The van der Waals surface area contributed by atoms with Crippen molar-refractivity contribution in [2.24, 2.45) is 5.92 Å². The summed E-state index contributed by atoms with van der Waals surface area (Å²) >= 11 is 0. The van der Waals surface area contributed by atoms with E-state index in [0.717, 1.165) is 12.0 Å². The van der Waals surface area contributed by atoms with Crippen molar-refractivity contribution in [3.63, 3.8) is 0 Å². The van der Waals surface area contributed by atoms with Crippen LogP contribution in [0.5, 0.6) is 0 Å². The van der Waals surface area contributed by atoms with E-state index in [-0.39, 0.29) is 12.4 Å². The van der Waals surface area contributed by atoms with Gasteiger partial charge in [0.05, 0.1) is 0 Å². The number of methoxy groups -OCH3 is 1. The molecule has 0 rings (SSSR count). The maximum absolute atomic E-state index is 11.4. The van der Waals surface area contributed by atoms with Gasteiger partial charge in [0, 0.05) is 13.5 Å². The molecule has 0 aliphatic carbocycles. The molecule has 15 heavy (non-hydrogen) atoms. The third kappa shape index (κ3) is 6.42. The first-order valence-corrected chi connectivity index (χ1v) is 5.32. The molecule has 3 nitrogen and oxygen atoms in total. The van der Waals surface area contributed by atoms with Gasteiger partial charge >= 0.3 is 0 Å². The molecular weight excluding hydrogens is 192 g/mol. The Bertz CT molecular complexity index is 211. The molecule has 0 saturated heterocycles. The molecule has 2 unspecified atom stereocenters. The smallest absolute Gasteiger partial charge is 0.179 e. The third-order valence-electron chi connectivity index (χ3n) is 2.29. The Kier molecular flexibility index (Phi) is 7.26. The zero-order chi connectivity index (χ0) is 11.8. The molecule has 0 aliphatic heterocycles. The molecule has 3 heteroatoms. The number of rotatable bonds is 8. The molecule has 0 heterocycles. The number of Topliss-reactive ketones (excluding diaryl/α,β-unsaturated/α-hetero) is 1. The number of ketones is 1. The summed E-state index contributed by atoms with van der Waals surface area (Å²) < 4.78 is 10.3. The van der Waals surface area contributed by atoms with Crippen molar-refractivity contribution in [1.29, 1.82) is 0 Å². The monoisotopic (exact) mass is 214 g/mol. The molecule has 0 aromatic carbocycles. The molecule has 0 N–H and O–H groups in total. The Labute approximate surface area is 92.5 Å². The lowest BCUT2D eigenvalue weighted by atomic mass is 10.0. The van der Waals surface area contributed by atoms with Crippen molar-refractivity contribution < 1.29 is 14.3 Å². The largest absolute Gasteiger partial charge is 0.352 e. The van der Waals surface area contributed by atoms with Gasteiger partial charge in [-0.05, 0) is 18.4 Å². The van der Waals surface area contributed by atoms with Crippen LogP contribution in [0.4, 0.5) is 0 Å². The van der Waals surface area contributed by atoms with Crippen LogP contribution < -0.4 is 0 Å². The Morgan fingerprint density at radius 2 is 2.07 bits per heavy atom. The summed E-state index contributed by atoms with van der Waals surface area (Å²) in [6.07, 6.45) is 1.12. The Hall–Kier alpha value is -0.670. The molecule has 0 amide bonds. The molecule has 0 aliphatic rings. The van der Waals surface area contributed by atoms with E-state index in [1.54, 1.807) is 7.11 Å². The third-order valence-corrected chi connectivity index (χ3v) is 2.29. The van der Waals surface area contributed by atoms with Crippen LogP contribution in [-0.4, -0.2) is 25.8 Å². The number of ether oxygens (including phenoxy) is 2. The average Bonchev–Trinajstić information content (AvgIpc) is 2.17. The lowest BCUT2D eigenvalue weighted by Gasteiger charge is -2.16. The SMILES string of the molecule is C=C(C)C(OC)OCC(=O)CC(C)CC. The van der Waals surface area contributed by atoms with Crippen molar-refractivity contribution in [3.05, 3.63) is 12.2 Å². The van der Waals surface area contributed by atoms with E-state index >= 15 is 0 Å². The van der Waals surface area contributed by atoms with Gasteiger partial charge in [-0.1, -0.05) is 26.8 Å². The first kappa shape index (κ1) is 14.3. The maximum atomic E-state index is 11.4. The second kappa shape index (κ2) is 7.60. The van der Waals surface area contributed by atoms with Gasteiger partial charge in [0.2, 0.25) is 0 Å². The first-order chi connectivity index (χ1) is 7.01. The van der Waals surface area contributed by atoms with Crippen LogP contribution in [0, 0.1) is 5.92 Å². The standard InChI is InChI=1S/C12H22O3/c1-6-10(4)7-11(13)8-15-12(14-5)9(2)3/h10,12H,2,6-8H2,1,3-5H3. The van der Waals surface area contributed by atoms with Crippen LogP contribution in [0.3, 0.4) is 0 Å². The van der Waals surface area contributed by atoms with Crippen LogP contribution in [0.2, 0.25) is 0 Å². The van der Waals surface area contributed by atoms with Gasteiger partial charge in [0.25, 0.3) is 0 Å². The van der Waals surface area contributed by atoms with E-state index in [9.17, 15) is 4.79 Å². The van der Waals surface area contributed by atoms with Crippen molar-refractivity contribution in [1.82, 2.24) is 0 Å². The van der Waals surface area contributed by atoms with Gasteiger partial charge in [-0.25, -0.2) is 0 Å². The predicted octanol–water partition coefficient (Wildman–Crippen LogP) is 2.56. The fraction of sp³-hybridized carbons (Fsp3) is 0.750. The zero-order valence-electron chi connectivity index (χ0n) is 10.2. The lowest BCUT2D eigenvalue weighted by Crippen LogP contribution is -2.21. The van der Waals surface area contributed by atoms with Gasteiger partial charge < -0.3 is 9.47 Å². The van der Waals surface area contributed by atoms with Gasteiger partial charge in [0.15, 0.2) is 12.1 Å². The van der Waals surface area contributed by atoms with Crippen LogP contribution in [0.1, 0.15) is 33.6 Å². The fourth-order valence-corrected chi connectivity index (χ4v) is 1.17. The summed E-state index contributed by atoms with van der Waals surface area (Å²) in [7, 11) is 1.54. The Morgan fingerprint density at radius 1 is 1.47 bits per heavy atom. The summed E-state index contributed by atoms with van der Waals surface area (Å²) in [6.45, 7) is 9.77. The highest BCUT2D eigenvalue weighted by atomic mass is 16.7. The van der Waals surface area contributed by atoms with Crippen LogP contribution in [0.25, 0.3) is 0 Å². The van der Waals surface area contributed by atoms with E-state index in [0.29, 0.717) is 12.3 Å². The lowest BCUT2D eigenvalue weighted by molar-refractivity contribution is -0.138. The summed E-state index contributed by atoms with van der Waals surface area (Å²) in [5.74, 6) is 0.541. The zero-order valence-corrected chi connectivity index (χ0v) is 10.2. The van der Waals surface area contributed by atoms with Crippen molar-refractivity contribution >= 4 is 5.78 Å². The van der Waals surface area contributed by atoms with Gasteiger partial charge in [-0.3, -0.25) is 4.79 Å². The number of hydrogen-bond donors (Lipinski definition) is 0. The van der Waals surface area contributed by atoms with Gasteiger partial charge in [-0.15, -0.1) is 0 Å². The molecule has 0 aromatic rings. The summed E-state index contributed by atoms with van der Waals surface area (Å²) in [6, 6.07) is 0. The topological polar surface area (TPSA) is 35.5 Å². The van der Waals surface area contributed by atoms with E-state index in [1.807, 2.05) is 6.92 Å². The minimum absolute atomic E-state index is 0.107. The summed E-state index contributed by atoms with van der Waals surface area (Å²) in [4.78, 5) is 11.4. The molecule has 2 atom stereocenters. The van der Waals surface area contributed by atoms with Crippen molar-refractivity contribution in [2.45, 2.75) is 39.9 Å². The normalized spacial score (nSPS) is 14.7. The predicted molar refractivity (Wildman–Crippen MR) is 60.6 cm³/mol. The molecule has 0 fully saturated rings. The Morgan fingerprint density at radius 3 is 2.47 bits per heavy atom. The van der Waals surface area contributed by atoms with E-state index in [4.69, 9.17) is 9.47 Å². The number of carbonyl (C=O) groups excluding carboxylic acids is 1. The minimum atomic E-state index is -0.467. The summed E-state index contributed by atoms with van der Waals surface area (Å²) in [5, 5.41) is 0. The Balaban J connectivity index is 3.83. The van der Waals surface area contributed by atoms with E-state index < -0.39 is 6.29 Å². The van der Waals surface area contributed by atoms with Crippen molar-refractivity contribution in [3.8, 4) is 0 Å². The molecule has 0 bridgehead atoms. The van der Waals surface area contributed by atoms with Crippen LogP contribution in [-0.2, 0) is 14.3 Å². The highest BCUT2D eigenvalue weighted by molar-refractivity contribution is 5.79. The quantitative estimate of drug-likeness (QED) is 0.460. The molecule has 0 saturated carbocycles.